The summed E-state index contributed by atoms with van der Waals surface area (Å²) >= 11 is 0. The van der Waals surface area contributed by atoms with Crippen LogP contribution in [0.15, 0.2) is 48.5 Å². The maximum Gasteiger partial charge on any atom is 0.256 e. The van der Waals surface area contributed by atoms with Crippen molar-refractivity contribution in [2.24, 2.45) is 0 Å². The second-order valence-corrected chi connectivity index (χ2v) is 4.96. The fourth-order valence-electron chi connectivity index (χ4n) is 2.64. The standard InChI is InChI=1S/C17H10N4O/c18-9-12(16-19-13-7-3-4-8-14(13)20-16)15-10-5-1-2-6-11(10)17(22)21-15/h1-8H,(H,19,20)(H,21,22)/b15-12+. The van der Waals surface area contributed by atoms with Crippen molar-refractivity contribution in [1.29, 1.82) is 5.26 Å². The summed E-state index contributed by atoms with van der Waals surface area (Å²) in [5.74, 6) is 0.255. The first-order valence-corrected chi connectivity index (χ1v) is 6.78. The van der Waals surface area contributed by atoms with Gasteiger partial charge in [0.15, 0.2) is 5.82 Å². The van der Waals surface area contributed by atoms with Crippen molar-refractivity contribution in [2.75, 3.05) is 0 Å². The Balaban J connectivity index is 1.96. The fraction of sp³-hybridized carbons (Fsp3) is 0. The Morgan fingerprint density at radius 1 is 1.05 bits per heavy atom. The zero-order valence-electron chi connectivity index (χ0n) is 11.4. The van der Waals surface area contributed by atoms with Gasteiger partial charge in [0, 0.05) is 11.1 Å². The predicted octanol–water partition coefficient (Wildman–Crippen LogP) is 2.70. The van der Waals surface area contributed by atoms with E-state index in [-0.39, 0.29) is 5.91 Å². The normalized spacial score (nSPS) is 15.3. The van der Waals surface area contributed by atoms with Gasteiger partial charge in [-0.15, -0.1) is 0 Å². The Labute approximate surface area is 125 Å². The molecule has 5 nitrogen and oxygen atoms in total. The third kappa shape index (κ3) is 1.71. The molecule has 4 rings (SSSR count). The monoisotopic (exact) mass is 286 g/mol. The van der Waals surface area contributed by atoms with Crippen LogP contribution in [-0.2, 0) is 0 Å². The highest BCUT2D eigenvalue weighted by Crippen LogP contribution is 2.30. The molecule has 1 aliphatic rings. The number of allylic oxidation sites excluding steroid dienone is 1. The van der Waals surface area contributed by atoms with Gasteiger partial charge in [-0.3, -0.25) is 4.79 Å². The molecule has 1 aromatic heterocycles. The highest BCUT2D eigenvalue weighted by atomic mass is 16.1. The summed E-state index contributed by atoms with van der Waals surface area (Å²) in [5.41, 5.74) is 3.76. The first-order valence-electron chi connectivity index (χ1n) is 6.78. The average Bonchev–Trinajstić information content (AvgIpc) is 3.11. The number of imidazole rings is 1. The van der Waals surface area contributed by atoms with Crippen molar-refractivity contribution < 1.29 is 4.79 Å². The van der Waals surface area contributed by atoms with Gasteiger partial charge >= 0.3 is 0 Å². The number of aromatic amines is 1. The van der Waals surface area contributed by atoms with Gasteiger partial charge in [-0.25, -0.2) is 4.98 Å². The van der Waals surface area contributed by atoms with E-state index in [0.717, 1.165) is 16.6 Å². The van der Waals surface area contributed by atoms with Gasteiger partial charge < -0.3 is 10.3 Å². The summed E-state index contributed by atoms with van der Waals surface area (Å²) in [6.45, 7) is 0. The maximum atomic E-state index is 12.0. The number of aromatic nitrogens is 2. The number of carbonyl (C=O) groups is 1. The third-order valence-corrected chi connectivity index (χ3v) is 3.67. The molecule has 0 atom stereocenters. The Bertz CT molecular complexity index is 958. The molecule has 0 radical (unpaired) electrons. The minimum Gasteiger partial charge on any atom is -0.337 e. The molecule has 0 unspecified atom stereocenters. The number of amides is 1. The van der Waals surface area contributed by atoms with Gasteiger partial charge in [0.05, 0.1) is 16.7 Å². The lowest BCUT2D eigenvalue weighted by Crippen LogP contribution is -2.13. The SMILES string of the molecule is N#C/C(=C1\NC(=O)c2ccccc21)c1nc2ccccc2[nH]1. The van der Waals surface area contributed by atoms with Crippen LogP contribution in [0.4, 0.5) is 0 Å². The third-order valence-electron chi connectivity index (χ3n) is 3.67. The molecule has 1 aliphatic heterocycles. The molecule has 2 aromatic carbocycles. The summed E-state index contributed by atoms with van der Waals surface area (Å²) < 4.78 is 0. The van der Waals surface area contributed by atoms with Crippen molar-refractivity contribution in [3.05, 3.63) is 65.5 Å². The minimum atomic E-state index is -0.200. The van der Waals surface area contributed by atoms with Crippen LogP contribution < -0.4 is 5.32 Å². The molecule has 104 valence electrons. The Morgan fingerprint density at radius 2 is 1.77 bits per heavy atom. The second kappa shape index (κ2) is 4.57. The largest absolute Gasteiger partial charge is 0.337 e. The molecule has 0 spiro atoms. The lowest BCUT2D eigenvalue weighted by Gasteiger charge is -2.02. The molecule has 0 saturated carbocycles. The van der Waals surface area contributed by atoms with Crippen molar-refractivity contribution in [3.8, 4) is 6.07 Å². The highest BCUT2D eigenvalue weighted by molar-refractivity contribution is 6.15. The zero-order valence-corrected chi connectivity index (χ0v) is 11.4. The number of nitrogens with one attached hydrogen (secondary N) is 2. The summed E-state index contributed by atoms with van der Waals surface area (Å²) in [7, 11) is 0. The quantitative estimate of drug-likeness (QED) is 0.675. The van der Waals surface area contributed by atoms with E-state index in [4.69, 9.17) is 0 Å². The Kier molecular flexibility index (Phi) is 2.57. The number of carbonyl (C=O) groups excluding carboxylic acids is 1. The Hall–Kier alpha value is -3.39. The van der Waals surface area contributed by atoms with Crippen LogP contribution in [0.25, 0.3) is 22.3 Å². The van der Waals surface area contributed by atoms with E-state index in [9.17, 15) is 10.1 Å². The van der Waals surface area contributed by atoms with E-state index < -0.39 is 0 Å². The van der Waals surface area contributed by atoms with E-state index in [1.54, 1.807) is 12.1 Å². The lowest BCUT2D eigenvalue weighted by atomic mass is 10.0. The zero-order chi connectivity index (χ0) is 15.1. The molecule has 5 heteroatoms. The molecule has 22 heavy (non-hydrogen) atoms. The molecule has 3 aromatic rings. The average molecular weight is 286 g/mol. The maximum absolute atomic E-state index is 12.0. The van der Waals surface area contributed by atoms with Crippen LogP contribution in [0.1, 0.15) is 21.7 Å². The van der Waals surface area contributed by atoms with Crippen LogP contribution in [0, 0.1) is 11.3 Å². The molecule has 2 N–H and O–H groups in total. The smallest absolute Gasteiger partial charge is 0.256 e. The first-order chi connectivity index (χ1) is 10.8. The number of para-hydroxylation sites is 2. The number of nitrogens with zero attached hydrogens (tertiary/aromatic N) is 2. The predicted molar refractivity (Wildman–Crippen MR) is 82.4 cm³/mol. The van der Waals surface area contributed by atoms with Crippen molar-refractivity contribution in [2.45, 2.75) is 0 Å². The van der Waals surface area contributed by atoms with Gasteiger partial charge in [0.25, 0.3) is 5.91 Å². The molecule has 2 heterocycles. The molecule has 0 aliphatic carbocycles. The number of hydrogen-bond donors (Lipinski definition) is 2. The topological polar surface area (TPSA) is 81.6 Å². The van der Waals surface area contributed by atoms with Crippen molar-refractivity contribution >= 4 is 28.2 Å². The molecule has 0 saturated heterocycles. The fourth-order valence-corrected chi connectivity index (χ4v) is 2.64. The van der Waals surface area contributed by atoms with E-state index in [2.05, 4.69) is 21.4 Å². The van der Waals surface area contributed by atoms with Gasteiger partial charge in [-0.1, -0.05) is 30.3 Å². The lowest BCUT2D eigenvalue weighted by molar-refractivity contribution is 0.0981. The summed E-state index contributed by atoms with van der Waals surface area (Å²) in [6, 6.07) is 16.9. The van der Waals surface area contributed by atoms with Gasteiger partial charge in [-0.05, 0) is 18.2 Å². The number of H-pyrrole nitrogens is 1. The number of nitriles is 1. The Morgan fingerprint density at radius 3 is 2.55 bits per heavy atom. The van der Waals surface area contributed by atoms with E-state index >= 15 is 0 Å². The van der Waals surface area contributed by atoms with Gasteiger partial charge in [0.1, 0.15) is 11.6 Å². The number of rotatable bonds is 1. The highest BCUT2D eigenvalue weighted by Gasteiger charge is 2.27. The van der Waals surface area contributed by atoms with Crippen LogP contribution in [0.5, 0.6) is 0 Å². The second-order valence-electron chi connectivity index (χ2n) is 4.96. The van der Waals surface area contributed by atoms with E-state index in [1.807, 2.05) is 36.4 Å². The molecular formula is C17H10N4O. The first kappa shape index (κ1) is 12.4. The van der Waals surface area contributed by atoms with Crippen molar-refractivity contribution in [3.63, 3.8) is 0 Å². The van der Waals surface area contributed by atoms with Gasteiger partial charge in [-0.2, -0.15) is 5.26 Å². The molecule has 0 fully saturated rings. The van der Waals surface area contributed by atoms with E-state index in [0.29, 0.717) is 22.7 Å². The van der Waals surface area contributed by atoms with Crippen LogP contribution >= 0.6 is 0 Å². The van der Waals surface area contributed by atoms with Crippen molar-refractivity contribution in [1.82, 2.24) is 15.3 Å². The summed E-state index contributed by atoms with van der Waals surface area (Å²) in [5, 5.41) is 12.3. The molecule has 1 amide bonds. The summed E-state index contributed by atoms with van der Waals surface area (Å²) in [6.07, 6.45) is 0. The number of benzene rings is 2. The number of hydrogen-bond acceptors (Lipinski definition) is 3. The summed E-state index contributed by atoms with van der Waals surface area (Å²) in [4.78, 5) is 19.6. The molecule has 0 bridgehead atoms. The van der Waals surface area contributed by atoms with Crippen LogP contribution in [0.2, 0.25) is 0 Å². The minimum absolute atomic E-state index is 0.200. The molecular weight excluding hydrogens is 276 g/mol. The van der Waals surface area contributed by atoms with Gasteiger partial charge in [0.2, 0.25) is 0 Å². The van der Waals surface area contributed by atoms with E-state index in [1.165, 1.54) is 0 Å². The van der Waals surface area contributed by atoms with Crippen LogP contribution in [-0.4, -0.2) is 15.9 Å². The number of fused-ring (bicyclic) bond motifs is 2. The van der Waals surface area contributed by atoms with Crippen LogP contribution in [0.3, 0.4) is 0 Å².